The molecule has 0 aliphatic rings. The van der Waals surface area contributed by atoms with Crippen molar-refractivity contribution in [1.29, 1.82) is 0 Å². The normalized spacial score (nSPS) is 13.8. The number of amides is 1. The van der Waals surface area contributed by atoms with E-state index < -0.39 is 0 Å². The van der Waals surface area contributed by atoms with E-state index in [1.807, 2.05) is 45.0 Å². The van der Waals surface area contributed by atoms with Crippen molar-refractivity contribution >= 4 is 17.2 Å². The summed E-state index contributed by atoms with van der Waals surface area (Å²) in [5.41, 5.74) is 8.46. The largest absolute Gasteiger partial charge is 0.344 e. The number of hydrogen-bond donors (Lipinski definition) is 2. The predicted molar refractivity (Wildman–Crippen MR) is 81.8 cm³/mol. The third-order valence-electron chi connectivity index (χ3n) is 3.07. The summed E-state index contributed by atoms with van der Waals surface area (Å²) < 4.78 is 0. The summed E-state index contributed by atoms with van der Waals surface area (Å²) in [7, 11) is 0. The number of thiazole rings is 1. The molecule has 1 amide bonds. The van der Waals surface area contributed by atoms with Gasteiger partial charge in [0.2, 0.25) is 0 Å². The monoisotopic (exact) mass is 289 g/mol. The molecule has 0 spiro atoms. The van der Waals surface area contributed by atoms with Crippen molar-refractivity contribution in [2.75, 3.05) is 0 Å². The van der Waals surface area contributed by atoms with E-state index in [1.165, 1.54) is 16.9 Å². The van der Waals surface area contributed by atoms with Gasteiger partial charge in [-0.3, -0.25) is 4.79 Å². The standard InChI is InChI=1S/C15H19N3OS/c1-9-4-6-12(7-5-9)11(3)17-14(19)13-8-20-15(18-13)10(2)16/h4-8,10-11H,16H2,1-3H3,(H,17,19)/t10?,11-/m1/s1. The molecular formula is C15H19N3OS. The van der Waals surface area contributed by atoms with Crippen molar-refractivity contribution in [3.05, 3.63) is 51.5 Å². The molecule has 0 bridgehead atoms. The highest BCUT2D eigenvalue weighted by molar-refractivity contribution is 7.09. The molecule has 5 heteroatoms. The van der Waals surface area contributed by atoms with Crippen LogP contribution in [0.1, 0.15) is 52.6 Å². The van der Waals surface area contributed by atoms with Crippen LogP contribution >= 0.6 is 11.3 Å². The second-order valence-electron chi connectivity index (χ2n) is 4.97. The fraction of sp³-hybridized carbons (Fsp3) is 0.333. The number of carbonyl (C=O) groups is 1. The number of carbonyl (C=O) groups excluding carboxylic acids is 1. The van der Waals surface area contributed by atoms with Gasteiger partial charge in [-0.05, 0) is 26.3 Å². The van der Waals surface area contributed by atoms with Gasteiger partial charge in [0, 0.05) is 5.38 Å². The molecule has 1 aromatic heterocycles. The number of rotatable bonds is 4. The summed E-state index contributed by atoms with van der Waals surface area (Å²) in [5.74, 6) is -0.166. The van der Waals surface area contributed by atoms with Crippen molar-refractivity contribution in [3.8, 4) is 0 Å². The maximum atomic E-state index is 12.1. The van der Waals surface area contributed by atoms with Crippen molar-refractivity contribution in [3.63, 3.8) is 0 Å². The van der Waals surface area contributed by atoms with Crippen LogP contribution in [0.2, 0.25) is 0 Å². The van der Waals surface area contributed by atoms with Crippen molar-refractivity contribution in [2.45, 2.75) is 32.9 Å². The molecule has 4 nitrogen and oxygen atoms in total. The van der Waals surface area contributed by atoms with Crippen LogP contribution in [0.4, 0.5) is 0 Å². The van der Waals surface area contributed by atoms with E-state index in [0.29, 0.717) is 5.69 Å². The molecule has 2 atom stereocenters. The molecule has 2 aromatic rings. The lowest BCUT2D eigenvalue weighted by Crippen LogP contribution is -2.27. The Morgan fingerprint density at radius 2 is 1.95 bits per heavy atom. The highest BCUT2D eigenvalue weighted by Gasteiger charge is 2.15. The van der Waals surface area contributed by atoms with Crippen LogP contribution in [0.15, 0.2) is 29.6 Å². The maximum absolute atomic E-state index is 12.1. The van der Waals surface area contributed by atoms with Gasteiger partial charge in [-0.15, -0.1) is 11.3 Å². The minimum Gasteiger partial charge on any atom is -0.344 e. The number of nitrogens with one attached hydrogen (secondary N) is 1. The van der Waals surface area contributed by atoms with E-state index >= 15 is 0 Å². The van der Waals surface area contributed by atoms with Gasteiger partial charge in [0.1, 0.15) is 10.7 Å². The number of hydrogen-bond acceptors (Lipinski definition) is 4. The fourth-order valence-electron chi connectivity index (χ4n) is 1.81. The smallest absolute Gasteiger partial charge is 0.271 e. The Labute approximate surface area is 123 Å². The zero-order chi connectivity index (χ0) is 14.7. The lowest BCUT2D eigenvalue weighted by Gasteiger charge is -2.13. The third-order valence-corrected chi connectivity index (χ3v) is 4.11. The van der Waals surface area contributed by atoms with Crippen LogP contribution in [-0.4, -0.2) is 10.9 Å². The molecule has 2 rings (SSSR count). The number of nitrogens with zero attached hydrogens (tertiary/aromatic N) is 1. The molecule has 0 radical (unpaired) electrons. The Kier molecular flexibility index (Phi) is 4.52. The topological polar surface area (TPSA) is 68.0 Å². The first-order valence-electron chi connectivity index (χ1n) is 6.56. The summed E-state index contributed by atoms with van der Waals surface area (Å²) in [6.07, 6.45) is 0. The van der Waals surface area contributed by atoms with Crippen LogP contribution in [0.25, 0.3) is 0 Å². The maximum Gasteiger partial charge on any atom is 0.271 e. The first-order chi connectivity index (χ1) is 9.47. The van der Waals surface area contributed by atoms with Gasteiger partial charge in [0.05, 0.1) is 12.1 Å². The summed E-state index contributed by atoms with van der Waals surface area (Å²) >= 11 is 1.41. The summed E-state index contributed by atoms with van der Waals surface area (Å²) in [5, 5.41) is 5.47. The van der Waals surface area contributed by atoms with Gasteiger partial charge in [0.25, 0.3) is 5.91 Å². The van der Waals surface area contributed by atoms with Crippen LogP contribution in [0.5, 0.6) is 0 Å². The molecule has 0 aliphatic carbocycles. The van der Waals surface area contributed by atoms with Crippen molar-refractivity contribution < 1.29 is 4.79 Å². The lowest BCUT2D eigenvalue weighted by molar-refractivity contribution is 0.0935. The third kappa shape index (κ3) is 3.43. The number of nitrogens with two attached hydrogens (primary N) is 1. The Bertz CT molecular complexity index is 589. The highest BCUT2D eigenvalue weighted by atomic mass is 32.1. The zero-order valence-electron chi connectivity index (χ0n) is 11.9. The van der Waals surface area contributed by atoms with Gasteiger partial charge in [0.15, 0.2) is 0 Å². The summed E-state index contributed by atoms with van der Waals surface area (Å²) in [6.45, 7) is 5.86. The summed E-state index contributed by atoms with van der Waals surface area (Å²) in [4.78, 5) is 16.4. The van der Waals surface area contributed by atoms with E-state index in [4.69, 9.17) is 5.73 Å². The molecule has 1 heterocycles. The molecule has 0 saturated carbocycles. The van der Waals surface area contributed by atoms with Gasteiger partial charge >= 0.3 is 0 Å². The molecule has 3 N–H and O–H groups in total. The summed E-state index contributed by atoms with van der Waals surface area (Å²) in [6, 6.07) is 7.92. The minimum absolute atomic E-state index is 0.0523. The molecule has 1 aromatic carbocycles. The molecule has 0 aliphatic heterocycles. The average Bonchev–Trinajstić information content (AvgIpc) is 2.89. The van der Waals surface area contributed by atoms with E-state index in [-0.39, 0.29) is 18.0 Å². The Morgan fingerprint density at radius 3 is 2.50 bits per heavy atom. The first kappa shape index (κ1) is 14.7. The van der Waals surface area contributed by atoms with Gasteiger partial charge in [-0.2, -0.15) is 0 Å². The van der Waals surface area contributed by atoms with Crippen LogP contribution in [0.3, 0.4) is 0 Å². The molecule has 106 valence electrons. The van der Waals surface area contributed by atoms with E-state index in [2.05, 4.69) is 10.3 Å². The number of aryl methyl sites for hydroxylation is 1. The van der Waals surface area contributed by atoms with Crippen LogP contribution in [0, 0.1) is 6.92 Å². The highest BCUT2D eigenvalue weighted by Crippen LogP contribution is 2.17. The van der Waals surface area contributed by atoms with Gasteiger partial charge in [-0.1, -0.05) is 29.8 Å². The van der Waals surface area contributed by atoms with Gasteiger partial charge < -0.3 is 11.1 Å². The Balaban J connectivity index is 2.04. The second-order valence-corrected chi connectivity index (χ2v) is 5.86. The van der Waals surface area contributed by atoms with Crippen molar-refractivity contribution in [1.82, 2.24) is 10.3 Å². The molecule has 0 saturated heterocycles. The molecule has 20 heavy (non-hydrogen) atoms. The zero-order valence-corrected chi connectivity index (χ0v) is 12.7. The average molecular weight is 289 g/mol. The van der Waals surface area contributed by atoms with Crippen molar-refractivity contribution in [2.24, 2.45) is 5.73 Å². The second kappa shape index (κ2) is 6.15. The van der Waals surface area contributed by atoms with E-state index in [0.717, 1.165) is 10.6 Å². The fourth-order valence-corrected chi connectivity index (χ4v) is 2.57. The molecule has 0 fully saturated rings. The number of benzene rings is 1. The van der Waals surface area contributed by atoms with E-state index in [9.17, 15) is 4.79 Å². The van der Waals surface area contributed by atoms with Crippen LogP contribution < -0.4 is 11.1 Å². The van der Waals surface area contributed by atoms with Crippen LogP contribution in [-0.2, 0) is 0 Å². The molecular weight excluding hydrogens is 270 g/mol. The predicted octanol–water partition coefficient (Wildman–Crippen LogP) is 2.96. The Morgan fingerprint density at radius 1 is 1.30 bits per heavy atom. The lowest BCUT2D eigenvalue weighted by atomic mass is 10.1. The van der Waals surface area contributed by atoms with Gasteiger partial charge in [-0.25, -0.2) is 4.98 Å². The van der Waals surface area contributed by atoms with E-state index in [1.54, 1.807) is 5.38 Å². The minimum atomic E-state index is -0.166. The molecule has 1 unspecified atom stereocenters. The first-order valence-corrected chi connectivity index (χ1v) is 7.43. The number of aromatic nitrogens is 1. The quantitative estimate of drug-likeness (QED) is 0.909. The SMILES string of the molecule is Cc1ccc([C@@H](C)NC(=O)c2csc(C(C)N)n2)cc1. The Hall–Kier alpha value is -1.72.